The van der Waals surface area contributed by atoms with Crippen molar-refractivity contribution in [2.75, 3.05) is 19.6 Å². The summed E-state index contributed by atoms with van der Waals surface area (Å²) in [6.45, 7) is 7.15. The monoisotopic (exact) mass is 246 g/mol. The van der Waals surface area contributed by atoms with E-state index in [1.54, 1.807) is 11.3 Å². The molecule has 0 saturated heterocycles. The number of nitrogens with zero attached hydrogens (tertiary/aromatic N) is 1. The highest BCUT2D eigenvalue weighted by Gasteiger charge is 2.18. The fourth-order valence-electron chi connectivity index (χ4n) is 1.77. The number of hydrogen-bond acceptors (Lipinski definition) is 3. The molecule has 1 heterocycles. The van der Waals surface area contributed by atoms with Crippen LogP contribution in [0.2, 0.25) is 5.02 Å². The Labute approximate surface area is 101 Å². The maximum atomic E-state index is 5.94. The van der Waals surface area contributed by atoms with Crippen molar-refractivity contribution in [2.45, 2.75) is 26.3 Å². The molecule has 1 unspecified atom stereocenters. The van der Waals surface area contributed by atoms with Crippen LogP contribution in [0.5, 0.6) is 0 Å². The van der Waals surface area contributed by atoms with Gasteiger partial charge in [0.05, 0.1) is 11.1 Å². The number of halogens is 1. The van der Waals surface area contributed by atoms with E-state index in [1.165, 1.54) is 4.88 Å². The molecule has 0 aliphatic heterocycles. The zero-order valence-corrected chi connectivity index (χ0v) is 10.9. The Hall–Kier alpha value is -0.0900. The van der Waals surface area contributed by atoms with Crippen molar-refractivity contribution in [3.05, 3.63) is 21.3 Å². The molecule has 2 N–H and O–H groups in total. The molecule has 0 aliphatic carbocycles. The molecular weight excluding hydrogens is 228 g/mol. The second-order valence-electron chi connectivity index (χ2n) is 3.55. The molecule has 0 aliphatic rings. The first-order chi connectivity index (χ1) is 7.22. The first-order valence-electron chi connectivity index (χ1n) is 5.40. The lowest BCUT2D eigenvalue weighted by Crippen LogP contribution is -2.33. The van der Waals surface area contributed by atoms with Crippen molar-refractivity contribution in [1.82, 2.24) is 4.90 Å². The highest BCUT2D eigenvalue weighted by Crippen LogP contribution is 2.28. The van der Waals surface area contributed by atoms with E-state index in [-0.39, 0.29) is 0 Å². The summed E-state index contributed by atoms with van der Waals surface area (Å²) in [5, 5.41) is 2.79. The summed E-state index contributed by atoms with van der Waals surface area (Å²) in [6, 6.07) is 2.36. The Morgan fingerprint density at radius 1 is 1.53 bits per heavy atom. The average Bonchev–Trinajstić information content (AvgIpc) is 2.64. The van der Waals surface area contributed by atoms with Gasteiger partial charge in [-0.25, -0.2) is 0 Å². The molecule has 0 saturated carbocycles. The summed E-state index contributed by atoms with van der Waals surface area (Å²) < 4.78 is 0. The Morgan fingerprint density at radius 2 is 2.27 bits per heavy atom. The predicted molar refractivity (Wildman–Crippen MR) is 68.7 cm³/mol. The lowest BCUT2D eigenvalue weighted by atomic mass is 10.2. The minimum atomic E-state index is 0.326. The normalized spacial score (nSPS) is 13.4. The van der Waals surface area contributed by atoms with Gasteiger partial charge in [-0.1, -0.05) is 25.4 Å². The van der Waals surface area contributed by atoms with Gasteiger partial charge in [-0.15, -0.1) is 11.3 Å². The van der Waals surface area contributed by atoms with Gasteiger partial charge in [0.15, 0.2) is 0 Å². The lowest BCUT2D eigenvalue weighted by molar-refractivity contribution is 0.216. The van der Waals surface area contributed by atoms with Crippen LogP contribution >= 0.6 is 22.9 Å². The van der Waals surface area contributed by atoms with E-state index in [4.69, 9.17) is 17.3 Å². The molecule has 0 amide bonds. The van der Waals surface area contributed by atoms with Gasteiger partial charge in [0.2, 0.25) is 0 Å². The van der Waals surface area contributed by atoms with Crippen LogP contribution in [0, 0.1) is 0 Å². The van der Waals surface area contributed by atoms with Crippen LogP contribution in [-0.4, -0.2) is 24.5 Å². The van der Waals surface area contributed by atoms with Gasteiger partial charge in [0, 0.05) is 16.8 Å². The molecule has 4 heteroatoms. The van der Waals surface area contributed by atoms with E-state index >= 15 is 0 Å². The predicted octanol–water partition coefficient (Wildman–Crippen LogP) is 3.13. The topological polar surface area (TPSA) is 29.3 Å². The van der Waals surface area contributed by atoms with Gasteiger partial charge in [-0.2, -0.15) is 0 Å². The zero-order chi connectivity index (χ0) is 11.3. The second-order valence-corrected chi connectivity index (χ2v) is 4.93. The summed E-state index contributed by atoms with van der Waals surface area (Å²) >= 11 is 7.64. The van der Waals surface area contributed by atoms with Crippen LogP contribution in [0.15, 0.2) is 11.4 Å². The third-order valence-electron chi connectivity index (χ3n) is 2.50. The standard InChI is InChI=1S/C11H19ClN2S/c1-3-5-14(4-2)10(7-13)11-6-9(12)8-15-11/h6,8,10H,3-5,7,13H2,1-2H3. The summed E-state index contributed by atoms with van der Waals surface area (Å²) in [4.78, 5) is 3.68. The van der Waals surface area contributed by atoms with Crippen LogP contribution < -0.4 is 5.73 Å². The van der Waals surface area contributed by atoms with Crippen molar-refractivity contribution < 1.29 is 0 Å². The molecule has 1 aromatic rings. The summed E-state index contributed by atoms with van der Waals surface area (Å²) in [6.07, 6.45) is 1.16. The Bertz CT molecular complexity index is 288. The van der Waals surface area contributed by atoms with E-state index in [9.17, 15) is 0 Å². The number of rotatable bonds is 6. The first-order valence-corrected chi connectivity index (χ1v) is 6.66. The molecule has 0 fully saturated rings. The van der Waals surface area contributed by atoms with Crippen LogP contribution in [0.4, 0.5) is 0 Å². The molecular formula is C11H19ClN2S. The maximum absolute atomic E-state index is 5.94. The van der Waals surface area contributed by atoms with Crippen LogP contribution in [0.1, 0.15) is 31.2 Å². The summed E-state index contributed by atoms with van der Waals surface area (Å²) in [5.41, 5.74) is 5.84. The fraction of sp³-hybridized carbons (Fsp3) is 0.636. The molecule has 1 atom stereocenters. The quantitative estimate of drug-likeness (QED) is 0.836. The highest BCUT2D eigenvalue weighted by molar-refractivity contribution is 7.10. The average molecular weight is 247 g/mol. The van der Waals surface area contributed by atoms with Crippen molar-refractivity contribution in [2.24, 2.45) is 5.73 Å². The van der Waals surface area contributed by atoms with Gasteiger partial charge < -0.3 is 5.73 Å². The van der Waals surface area contributed by atoms with Gasteiger partial charge >= 0.3 is 0 Å². The molecule has 15 heavy (non-hydrogen) atoms. The fourth-order valence-corrected chi connectivity index (χ4v) is 3.00. The third-order valence-corrected chi connectivity index (χ3v) is 3.88. The number of thiophene rings is 1. The Balaban J connectivity index is 2.76. The molecule has 2 nitrogen and oxygen atoms in total. The van der Waals surface area contributed by atoms with E-state index in [1.807, 2.05) is 11.4 Å². The smallest absolute Gasteiger partial charge is 0.0564 e. The first kappa shape index (κ1) is 13.0. The largest absolute Gasteiger partial charge is 0.329 e. The molecule has 0 spiro atoms. The maximum Gasteiger partial charge on any atom is 0.0564 e. The number of nitrogens with two attached hydrogens (primary N) is 1. The second kappa shape index (κ2) is 6.48. The van der Waals surface area contributed by atoms with Gasteiger partial charge in [0.1, 0.15) is 0 Å². The van der Waals surface area contributed by atoms with Crippen molar-refractivity contribution in [3.8, 4) is 0 Å². The summed E-state index contributed by atoms with van der Waals surface area (Å²) in [7, 11) is 0. The SMILES string of the molecule is CCCN(CC)C(CN)c1cc(Cl)cs1. The van der Waals surface area contributed by atoms with Crippen molar-refractivity contribution in [1.29, 1.82) is 0 Å². The molecule has 86 valence electrons. The van der Waals surface area contributed by atoms with E-state index in [0.717, 1.165) is 24.5 Å². The van der Waals surface area contributed by atoms with E-state index in [2.05, 4.69) is 18.7 Å². The third kappa shape index (κ3) is 3.45. The number of hydrogen-bond donors (Lipinski definition) is 1. The molecule has 0 bridgehead atoms. The zero-order valence-electron chi connectivity index (χ0n) is 9.37. The Morgan fingerprint density at radius 3 is 2.67 bits per heavy atom. The molecule has 0 radical (unpaired) electrons. The minimum Gasteiger partial charge on any atom is -0.329 e. The lowest BCUT2D eigenvalue weighted by Gasteiger charge is -2.28. The van der Waals surface area contributed by atoms with Crippen molar-refractivity contribution >= 4 is 22.9 Å². The van der Waals surface area contributed by atoms with E-state index < -0.39 is 0 Å². The van der Waals surface area contributed by atoms with Gasteiger partial charge in [-0.05, 0) is 25.6 Å². The summed E-state index contributed by atoms with van der Waals surface area (Å²) in [5.74, 6) is 0. The van der Waals surface area contributed by atoms with Crippen LogP contribution in [0.25, 0.3) is 0 Å². The Kier molecular flexibility index (Phi) is 5.61. The van der Waals surface area contributed by atoms with Gasteiger partial charge in [-0.3, -0.25) is 4.90 Å². The van der Waals surface area contributed by atoms with Gasteiger partial charge in [0.25, 0.3) is 0 Å². The van der Waals surface area contributed by atoms with Crippen LogP contribution in [0.3, 0.4) is 0 Å². The molecule has 1 aromatic heterocycles. The molecule has 1 rings (SSSR count). The highest BCUT2D eigenvalue weighted by atomic mass is 35.5. The minimum absolute atomic E-state index is 0.326. The van der Waals surface area contributed by atoms with E-state index in [0.29, 0.717) is 12.6 Å². The molecule has 0 aromatic carbocycles. The number of likely N-dealkylation sites (N-methyl/N-ethyl adjacent to an activating group) is 1. The van der Waals surface area contributed by atoms with Crippen LogP contribution in [-0.2, 0) is 0 Å². The van der Waals surface area contributed by atoms with Crippen molar-refractivity contribution in [3.63, 3.8) is 0 Å².